The molecule has 1 atom stereocenters. The van der Waals surface area contributed by atoms with Crippen molar-refractivity contribution in [1.29, 1.82) is 0 Å². The van der Waals surface area contributed by atoms with Crippen LogP contribution in [0.2, 0.25) is 5.02 Å². The van der Waals surface area contributed by atoms with E-state index < -0.39 is 0 Å². The predicted octanol–water partition coefficient (Wildman–Crippen LogP) is 1.77. The zero-order valence-corrected chi connectivity index (χ0v) is 9.30. The highest BCUT2D eigenvalue weighted by molar-refractivity contribution is 6.31. The summed E-state index contributed by atoms with van der Waals surface area (Å²) in [5, 5.41) is 13.3. The van der Waals surface area contributed by atoms with Crippen molar-refractivity contribution in [1.82, 2.24) is 5.32 Å². The average molecular weight is 214 g/mol. The standard InChI is InChI=1S/C11H16ClNO/c1-8-3-4-9(6-11(8)12)5-10(14)7-13-2/h3-4,6,10,13-14H,5,7H2,1-2H3. The summed E-state index contributed by atoms with van der Waals surface area (Å²) < 4.78 is 0. The second-order valence-electron chi connectivity index (χ2n) is 3.50. The van der Waals surface area contributed by atoms with Crippen molar-refractivity contribution in [2.45, 2.75) is 19.4 Å². The van der Waals surface area contributed by atoms with Gasteiger partial charge >= 0.3 is 0 Å². The number of aliphatic hydroxyl groups excluding tert-OH is 1. The molecule has 0 saturated heterocycles. The van der Waals surface area contributed by atoms with Crippen LogP contribution in [0.4, 0.5) is 0 Å². The van der Waals surface area contributed by atoms with Crippen molar-refractivity contribution < 1.29 is 5.11 Å². The monoisotopic (exact) mass is 213 g/mol. The number of aryl methyl sites for hydroxylation is 1. The van der Waals surface area contributed by atoms with Crippen LogP contribution in [0.15, 0.2) is 18.2 Å². The number of aliphatic hydroxyl groups is 1. The number of rotatable bonds is 4. The lowest BCUT2D eigenvalue weighted by Gasteiger charge is -2.10. The Hall–Kier alpha value is -0.570. The Morgan fingerprint density at radius 2 is 2.21 bits per heavy atom. The highest BCUT2D eigenvalue weighted by Gasteiger charge is 2.05. The molecule has 1 aromatic carbocycles. The Labute approximate surface area is 89.9 Å². The van der Waals surface area contributed by atoms with Gasteiger partial charge in [0.05, 0.1) is 6.10 Å². The van der Waals surface area contributed by atoms with Gasteiger partial charge in [-0.1, -0.05) is 23.7 Å². The van der Waals surface area contributed by atoms with E-state index in [-0.39, 0.29) is 6.10 Å². The average Bonchev–Trinajstić information content (AvgIpc) is 2.12. The summed E-state index contributed by atoms with van der Waals surface area (Å²) >= 11 is 5.98. The molecule has 2 N–H and O–H groups in total. The molecule has 1 aromatic rings. The van der Waals surface area contributed by atoms with Gasteiger partial charge < -0.3 is 10.4 Å². The minimum Gasteiger partial charge on any atom is -0.391 e. The maximum Gasteiger partial charge on any atom is 0.0704 e. The van der Waals surface area contributed by atoms with Crippen LogP contribution in [-0.4, -0.2) is 24.8 Å². The lowest BCUT2D eigenvalue weighted by atomic mass is 10.1. The molecule has 0 spiro atoms. The van der Waals surface area contributed by atoms with E-state index in [9.17, 15) is 5.11 Å². The van der Waals surface area contributed by atoms with Crippen molar-refractivity contribution >= 4 is 11.6 Å². The van der Waals surface area contributed by atoms with E-state index in [1.807, 2.05) is 32.2 Å². The number of hydrogen-bond acceptors (Lipinski definition) is 2. The third-order valence-electron chi connectivity index (χ3n) is 2.15. The Bertz CT molecular complexity index is 301. The van der Waals surface area contributed by atoms with Crippen LogP contribution in [-0.2, 0) is 6.42 Å². The van der Waals surface area contributed by atoms with E-state index in [1.54, 1.807) is 0 Å². The van der Waals surface area contributed by atoms with Crippen LogP contribution in [0, 0.1) is 6.92 Å². The summed E-state index contributed by atoms with van der Waals surface area (Å²) in [6, 6.07) is 5.89. The van der Waals surface area contributed by atoms with Crippen LogP contribution in [0.25, 0.3) is 0 Å². The number of nitrogens with one attached hydrogen (secondary N) is 1. The van der Waals surface area contributed by atoms with Crippen LogP contribution < -0.4 is 5.32 Å². The topological polar surface area (TPSA) is 32.3 Å². The first-order valence-corrected chi connectivity index (χ1v) is 5.09. The Balaban J connectivity index is 2.63. The van der Waals surface area contributed by atoms with Gasteiger partial charge in [0.1, 0.15) is 0 Å². The normalized spacial score (nSPS) is 12.9. The molecule has 1 rings (SSSR count). The lowest BCUT2D eigenvalue weighted by molar-refractivity contribution is 0.175. The van der Waals surface area contributed by atoms with Gasteiger partial charge in [0, 0.05) is 11.6 Å². The highest BCUT2D eigenvalue weighted by atomic mass is 35.5. The molecular weight excluding hydrogens is 198 g/mol. The largest absolute Gasteiger partial charge is 0.391 e. The molecule has 3 heteroatoms. The molecule has 0 aliphatic heterocycles. The Kier molecular flexibility index (Phi) is 4.39. The Morgan fingerprint density at radius 1 is 1.50 bits per heavy atom. The molecule has 1 unspecified atom stereocenters. The van der Waals surface area contributed by atoms with Gasteiger partial charge in [-0.3, -0.25) is 0 Å². The van der Waals surface area contributed by atoms with Crippen molar-refractivity contribution in [2.24, 2.45) is 0 Å². The predicted molar refractivity (Wildman–Crippen MR) is 59.8 cm³/mol. The molecule has 0 amide bonds. The molecule has 0 aliphatic rings. The number of benzene rings is 1. The van der Waals surface area contributed by atoms with Gasteiger partial charge in [0.25, 0.3) is 0 Å². The second-order valence-corrected chi connectivity index (χ2v) is 3.91. The van der Waals surface area contributed by atoms with Gasteiger partial charge in [-0.25, -0.2) is 0 Å². The first-order valence-electron chi connectivity index (χ1n) is 4.71. The summed E-state index contributed by atoms with van der Waals surface area (Å²) in [5.74, 6) is 0. The van der Waals surface area contributed by atoms with Crippen molar-refractivity contribution in [2.75, 3.05) is 13.6 Å². The minimum absolute atomic E-state index is 0.348. The molecule has 78 valence electrons. The summed E-state index contributed by atoms with van der Waals surface area (Å²) in [7, 11) is 1.82. The van der Waals surface area contributed by atoms with Crippen LogP contribution in [0.3, 0.4) is 0 Å². The molecule has 2 nitrogen and oxygen atoms in total. The van der Waals surface area contributed by atoms with Crippen LogP contribution in [0.5, 0.6) is 0 Å². The summed E-state index contributed by atoms with van der Waals surface area (Å²) in [6.07, 6.45) is 0.291. The second kappa shape index (κ2) is 5.35. The lowest BCUT2D eigenvalue weighted by Crippen LogP contribution is -2.25. The molecule has 0 saturated carbocycles. The quantitative estimate of drug-likeness (QED) is 0.799. The fourth-order valence-corrected chi connectivity index (χ4v) is 1.55. The van der Waals surface area contributed by atoms with Gasteiger partial charge in [-0.2, -0.15) is 0 Å². The third kappa shape index (κ3) is 3.29. The maximum atomic E-state index is 9.56. The number of hydrogen-bond donors (Lipinski definition) is 2. The van der Waals surface area contributed by atoms with Crippen molar-refractivity contribution in [3.8, 4) is 0 Å². The van der Waals surface area contributed by atoms with E-state index in [1.165, 1.54) is 0 Å². The Morgan fingerprint density at radius 3 is 2.79 bits per heavy atom. The van der Waals surface area contributed by atoms with Gasteiger partial charge in [0.15, 0.2) is 0 Å². The number of likely N-dealkylation sites (N-methyl/N-ethyl adjacent to an activating group) is 1. The van der Waals surface area contributed by atoms with Crippen molar-refractivity contribution in [3.63, 3.8) is 0 Å². The van der Waals surface area contributed by atoms with Crippen molar-refractivity contribution in [3.05, 3.63) is 34.3 Å². The summed E-state index contributed by atoms with van der Waals surface area (Å²) in [5.41, 5.74) is 2.14. The number of halogens is 1. The molecule has 0 aliphatic carbocycles. The summed E-state index contributed by atoms with van der Waals surface area (Å²) in [6.45, 7) is 2.57. The third-order valence-corrected chi connectivity index (χ3v) is 2.55. The molecule has 0 aromatic heterocycles. The summed E-state index contributed by atoms with van der Waals surface area (Å²) in [4.78, 5) is 0. The minimum atomic E-state index is -0.348. The maximum absolute atomic E-state index is 9.56. The molecule has 0 bridgehead atoms. The van der Waals surface area contributed by atoms with Gasteiger partial charge in [-0.05, 0) is 37.6 Å². The molecule has 0 heterocycles. The van der Waals surface area contributed by atoms with E-state index in [4.69, 9.17) is 11.6 Å². The zero-order valence-electron chi connectivity index (χ0n) is 8.55. The first kappa shape index (κ1) is 11.5. The van der Waals surface area contributed by atoms with E-state index in [0.717, 1.165) is 16.1 Å². The van der Waals surface area contributed by atoms with Gasteiger partial charge in [-0.15, -0.1) is 0 Å². The highest BCUT2D eigenvalue weighted by Crippen LogP contribution is 2.17. The van der Waals surface area contributed by atoms with E-state index in [2.05, 4.69) is 5.32 Å². The fourth-order valence-electron chi connectivity index (χ4n) is 1.34. The molecular formula is C11H16ClNO. The SMILES string of the molecule is CNCC(O)Cc1ccc(C)c(Cl)c1. The van der Waals surface area contributed by atoms with Crippen LogP contribution in [0.1, 0.15) is 11.1 Å². The smallest absolute Gasteiger partial charge is 0.0704 e. The molecule has 0 fully saturated rings. The molecule has 0 radical (unpaired) electrons. The fraction of sp³-hybridized carbons (Fsp3) is 0.455. The zero-order chi connectivity index (χ0) is 10.6. The molecule has 14 heavy (non-hydrogen) atoms. The van der Waals surface area contributed by atoms with Gasteiger partial charge in [0.2, 0.25) is 0 Å². The van der Waals surface area contributed by atoms with E-state index in [0.29, 0.717) is 13.0 Å². The first-order chi connectivity index (χ1) is 6.63. The van der Waals surface area contributed by atoms with Crippen LogP contribution >= 0.6 is 11.6 Å². The van der Waals surface area contributed by atoms with E-state index >= 15 is 0 Å².